The van der Waals surface area contributed by atoms with Crippen molar-refractivity contribution >= 4 is 29.9 Å². The second-order valence-electron chi connectivity index (χ2n) is 6.33. The molecule has 0 bridgehead atoms. The van der Waals surface area contributed by atoms with Crippen LogP contribution in [0.1, 0.15) is 40.2 Å². The Morgan fingerprint density at radius 1 is 1.25 bits per heavy atom. The average Bonchev–Trinajstić information content (AvgIpc) is 2.50. The lowest BCUT2D eigenvalue weighted by molar-refractivity contribution is 0.0268. The molecule has 0 aliphatic heterocycles. The van der Waals surface area contributed by atoms with Gasteiger partial charge in [-0.3, -0.25) is 0 Å². The fourth-order valence-corrected chi connectivity index (χ4v) is 1.87. The number of rotatable bonds is 8. The van der Waals surface area contributed by atoms with Gasteiger partial charge in [0.15, 0.2) is 5.96 Å². The lowest BCUT2D eigenvalue weighted by Gasteiger charge is -2.24. The molecule has 0 saturated carbocycles. The molecule has 0 radical (unpaired) electrons. The summed E-state index contributed by atoms with van der Waals surface area (Å²) in [6.07, 6.45) is 0.170. The molecule has 6 heteroatoms. The molecule has 1 aromatic carbocycles. The van der Waals surface area contributed by atoms with Gasteiger partial charge in [0.05, 0.1) is 18.2 Å². The van der Waals surface area contributed by atoms with Crippen molar-refractivity contribution in [2.45, 2.75) is 52.9 Å². The first kappa shape index (κ1) is 23.0. The highest BCUT2D eigenvalue weighted by molar-refractivity contribution is 14.0. The quantitative estimate of drug-likeness (QED) is 0.362. The SMILES string of the molecule is CCNC(=NCc1cccc(OC(C)C)c1)NCC(C)(C)OC.I. The molecule has 0 aliphatic carbocycles. The Balaban J connectivity index is 0.00000529. The standard InChI is InChI=1S/C18H31N3O2.HI/c1-7-19-17(21-13-18(4,5)22-6)20-12-15-9-8-10-16(11-15)23-14(2)3;/h8-11,14H,7,12-13H2,1-6H3,(H2,19,20,21);1H. The number of guanidine groups is 1. The first-order chi connectivity index (χ1) is 10.9. The number of hydrogen-bond acceptors (Lipinski definition) is 3. The summed E-state index contributed by atoms with van der Waals surface area (Å²) < 4.78 is 11.1. The van der Waals surface area contributed by atoms with Crippen molar-refractivity contribution in [3.05, 3.63) is 29.8 Å². The van der Waals surface area contributed by atoms with Crippen LogP contribution in [0.15, 0.2) is 29.3 Å². The zero-order valence-electron chi connectivity index (χ0n) is 15.7. The molecule has 0 amide bonds. The molecule has 138 valence electrons. The van der Waals surface area contributed by atoms with Crippen LogP contribution in [0.5, 0.6) is 5.75 Å². The minimum atomic E-state index is -0.235. The Bertz CT molecular complexity index is 505. The van der Waals surface area contributed by atoms with Gasteiger partial charge in [0.25, 0.3) is 0 Å². The molecule has 0 unspecified atom stereocenters. The summed E-state index contributed by atoms with van der Waals surface area (Å²) in [6.45, 7) is 12.3. The molecule has 2 N–H and O–H groups in total. The number of hydrogen-bond donors (Lipinski definition) is 2. The van der Waals surface area contributed by atoms with E-state index in [1.165, 1.54) is 0 Å². The minimum Gasteiger partial charge on any atom is -0.491 e. The van der Waals surface area contributed by atoms with E-state index in [-0.39, 0.29) is 35.7 Å². The molecule has 0 spiro atoms. The second-order valence-corrected chi connectivity index (χ2v) is 6.33. The fraction of sp³-hybridized carbons (Fsp3) is 0.611. The summed E-state index contributed by atoms with van der Waals surface area (Å²) in [6, 6.07) is 8.06. The van der Waals surface area contributed by atoms with Crippen molar-refractivity contribution in [1.82, 2.24) is 10.6 Å². The predicted octanol–water partition coefficient (Wildman–Crippen LogP) is 3.57. The number of benzene rings is 1. The van der Waals surface area contributed by atoms with Crippen LogP contribution in [0, 0.1) is 0 Å². The van der Waals surface area contributed by atoms with E-state index in [1.807, 2.05) is 45.9 Å². The third-order valence-electron chi connectivity index (χ3n) is 3.27. The Morgan fingerprint density at radius 3 is 2.54 bits per heavy atom. The van der Waals surface area contributed by atoms with Crippen LogP contribution in [0.2, 0.25) is 0 Å². The van der Waals surface area contributed by atoms with Crippen molar-refractivity contribution in [2.24, 2.45) is 4.99 Å². The van der Waals surface area contributed by atoms with Gasteiger partial charge in [-0.25, -0.2) is 4.99 Å². The molecule has 0 aromatic heterocycles. The van der Waals surface area contributed by atoms with Crippen LogP contribution in [-0.2, 0) is 11.3 Å². The largest absolute Gasteiger partial charge is 0.491 e. The fourth-order valence-electron chi connectivity index (χ4n) is 1.87. The lowest BCUT2D eigenvalue weighted by Crippen LogP contribution is -2.45. The maximum Gasteiger partial charge on any atom is 0.191 e. The van der Waals surface area contributed by atoms with Crippen molar-refractivity contribution in [3.63, 3.8) is 0 Å². The lowest BCUT2D eigenvalue weighted by atomic mass is 10.1. The second kappa shape index (κ2) is 11.5. The highest BCUT2D eigenvalue weighted by atomic mass is 127. The topological polar surface area (TPSA) is 54.9 Å². The first-order valence-electron chi connectivity index (χ1n) is 8.19. The summed E-state index contributed by atoms with van der Waals surface area (Å²) >= 11 is 0. The number of methoxy groups -OCH3 is 1. The average molecular weight is 449 g/mol. The number of halogens is 1. The van der Waals surface area contributed by atoms with Gasteiger partial charge in [-0.1, -0.05) is 12.1 Å². The van der Waals surface area contributed by atoms with Gasteiger partial charge in [-0.05, 0) is 52.3 Å². The van der Waals surface area contributed by atoms with Crippen LogP contribution in [0.3, 0.4) is 0 Å². The maximum atomic E-state index is 5.72. The summed E-state index contributed by atoms with van der Waals surface area (Å²) in [4.78, 5) is 4.62. The van der Waals surface area contributed by atoms with Gasteiger partial charge in [-0.15, -0.1) is 24.0 Å². The first-order valence-corrected chi connectivity index (χ1v) is 8.19. The summed E-state index contributed by atoms with van der Waals surface area (Å²) in [5.41, 5.74) is 0.882. The monoisotopic (exact) mass is 449 g/mol. The number of nitrogens with one attached hydrogen (secondary N) is 2. The van der Waals surface area contributed by atoms with Gasteiger partial charge in [0, 0.05) is 20.2 Å². The summed E-state index contributed by atoms with van der Waals surface area (Å²) in [5, 5.41) is 6.56. The van der Waals surface area contributed by atoms with Gasteiger partial charge in [0.1, 0.15) is 5.75 Å². The normalized spacial score (nSPS) is 11.9. The van der Waals surface area contributed by atoms with Crippen LogP contribution in [0.4, 0.5) is 0 Å². The highest BCUT2D eigenvalue weighted by Gasteiger charge is 2.16. The van der Waals surface area contributed by atoms with Crippen molar-refractivity contribution in [1.29, 1.82) is 0 Å². The van der Waals surface area contributed by atoms with E-state index in [0.717, 1.165) is 23.8 Å². The molecular weight excluding hydrogens is 417 g/mol. The van der Waals surface area contributed by atoms with E-state index in [1.54, 1.807) is 7.11 Å². The Kier molecular flexibility index (Phi) is 11.0. The molecule has 0 aliphatic rings. The Hall–Kier alpha value is -1.02. The van der Waals surface area contributed by atoms with Crippen molar-refractivity contribution in [3.8, 4) is 5.75 Å². The zero-order valence-corrected chi connectivity index (χ0v) is 18.0. The van der Waals surface area contributed by atoms with E-state index in [0.29, 0.717) is 13.1 Å². The van der Waals surface area contributed by atoms with Crippen LogP contribution in [-0.4, -0.2) is 37.9 Å². The van der Waals surface area contributed by atoms with Gasteiger partial charge in [0.2, 0.25) is 0 Å². The van der Waals surface area contributed by atoms with Crippen molar-refractivity contribution in [2.75, 3.05) is 20.2 Å². The van der Waals surface area contributed by atoms with Gasteiger partial charge < -0.3 is 20.1 Å². The molecular formula is C18H32IN3O2. The van der Waals surface area contributed by atoms with E-state index in [4.69, 9.17) is 9.47 Å². The van der Waals surface area contributed by atoms with Crippen LogP contribution < -0.4 is 15.4 Å². The minimum absolute atomic E-state index is 0. The van der Waals surface area contributed by atoms with Crippen LogP contribution >= 0.6 is 24.0 Å². The van der Waals surface area contributed by atoms with Gasteiger partial charge in [-0.2, -0.15) is 0 Å². The summed E-state index contributed by atoms with van der Waals surface area (Å²) in [5.74, 6) is 1.67. The van der Waals surface area contributed by atoms with E-state index < -0.39 is 0 Å². The molecule has 24 heavy (non-hydrogen) atoms. The van der Waals surface area contributed by atoms with Gasteiger partial charge >= 0.3 is 0 Å². The van der Waals surface area contributed by atoms with E-state index in [9.17, 15) is 0 Å². The van der Waals surface area contributed by atoms with Crippen molar-refractivity contribution < 1.29 is 9.47 Å². The number of nitrogens with zero attached hydrogens (tertiary/aromatic N) is 1. The number of aliphatic imine (C=N–C) groups is 1. The van der Waals surface area contributed by atoms with E-state index in [2.05, 4.69) is 28.6 Å². The highest BCUT2D eigenvalue weighted by Crippen LogP contribution is 2.15. The molecule has 0 atom stereocenters. The van der Waals surface area contributed by atoms with E-state index >= 15 is 0 Å². The Morgan fingerprint density at radius 2 is 1.96 bits per heavy atom. The zero-order chi connectivity index (χ0) is 17.3. The third-order valence-corrected chi connectivity index (χ3v) is 3.27. The molecule has 1 aromatic rings. The predicted molar refractivity (Wildman–Crippen MR) is 112 cm³/mol. The molecule has 1 rings (SSSR count). The molecule has 5 nitrogen and oxygen atoms in total. The molecule has 0 heterocycles. The Labute approximate surface area is 163 Å². The smallest absolute Gasteiger partial charge is 0.191 e. The third kappa shape index (κ3) is 9.32. The van der Waals surface area contributed by atoms with Crippen LogP contribution in [0.25, 0.3) is 0 Å². The molecule has 0 fully saturated rings. The summed E-state index contributed by atoms with van der Waals surface area (Å²) in [7, 11) is 1.71. The number of ether oxygens (including phenoxy) is 2. The maximum absolute atomic E-state index is 5.72. The molecule has 0 saturated heterocycles.